The maximum atomic E-state index is 2.62. The Morgan fingerprint density at radius 1 is 0.676 bits per heavy atom. The summed E-state index contributed by atoms with van der Waals surface area (Å²) in [5.41, 5.74) is 11.1. The Kier molecular flexibility index (Phi) is 9.67. The standard InChI is InChI=1S/C21H25.C10H15.C3H6.2ClH.Zr/c1-20(2,3)16-9-7-14-11-15-8-10-17(21(4,5)6)13-19(15)18(14)12-16;1-8-5-6-9(7-8)10(2,3)4;1-3-2;;;/h7-13H,1-6H3;6-8H,1-4H3;1-2H3;2*1H;/q;;;;;+2/p-2. The monoisotopic (exact) mass is 614 g/mol. The third-order valence-corrected chi connectivity index (χ3v) is 16.6. The zero-order chi connectivity index (χ0) is 26.1. The largest absolute Gasteiger partial charge is 1.00 e. The van der Waals surface area contributed by atoms with Crippen molar-refractivity contribution in [2.24, 2.45) is 11.3 Å². The first kappa shape index (κ1) is 32.5. The van der Waals surface area contributed by atoms with Crippen LogP contribution in [-0.2, 0) is 32.1 Å². The van der Waals surface area contributed by atoms with Crippen molar-refractivity contribution >= 4 is 3.21 Å². The maximum Gasteiger partial charge on any atom is -1.00 e. The molecule has 2 aromatic carbocycles. The molecule has 0 nitrogen and oxygen atoms in total. The van der Waals surface area contributed by atoms with Crippen molar-refractivity contribution in [3.05, 3.63) is 79.7 Å². The zero-order valence-electron chi connectivity index (χ0n) is 25.0. The Morgan fingerprint density at radius 3 is 1.43 bits per heavy atom. The van der Waals surface area contributed by atoms with E-state index < -0.39 is 21.3 Å². The third kappa shape index (κ3) is 6.21. The first-order valence-corrected chi connectivity index (χ1v) is 17.3. The van der Waals surface area contributed by atoms with E-state index >= 15 is 0 Å². The summed E-state index contributed by atoms with van der Waals surface area (Å²) in [5.74, 6) is 0.559. The SMILES string of the molecule is C[C](C)=[Zr+2]([C]1=CC(C(C)(C)C)=CC1C)[CH]1c2ccc(C(C)(C)C)cc2-c2cc(C(C)(C)C)ccc21.[Cl-].[Cl-]. The minimum absolute atomic E-state index is 0. The van der Waals surface area contributed by atoms with E-state index in [1.807, 2.05) is 0 Å². The van der Waals surface area contributed by atoms with Crippen LogP contribution in [0.2, 0.25) is 0 Å². The summed E-state index contributed by atoms with van der Waals surface area (Å²) < 4.78 is 4.05. The Balaban J connectivity index is 0.00000241. The summed E-state index contributed by atoms with van der Waals surface area (Å²) in [7, 11) is 0. The topological polar surface area (TPSA) is 0 Å². The molecule has 1 unspecified atom stereocenters. The van der Waals surface area contributed by atoms with Crippen LogP contribution in [0.5, 0.6) is 0 Å². The number of hydrogen-bond acceptors (Lipinski definition) is 0. The Hall–Kier alpha value is -0.747. The average Bonchev–Trinajstić information content (AvgIpc) is 3.25. The van der Waals surface area contributed by atoms with Gasteiger partial charge in [0.15, 0.2) is 0 Å². The van der Waals surface area contributed by atoms with Gasteiger partial charge >= 0.3 is 224 Å². The molecule has 0 saturated carbocycles. The average molecular weight is 617 g/mol. The Morgan fingerprint density at radius 2 is 1.11 bits per heavy atom. The van der Waals surface area contributed by atoms with E-state index in [0.717, 1.165) is 0 Å². The predicted molar refractivity (Wildman–Crippen MR) is 152 cm³/mol. The van der Waals surface area contributed by atoms with E-state index in [1.54, 1.807) is 17.6 Å². The first-order valence-electron chi connectivity index (χ1n) is 13.4. The molecule has 0 N–H and O–H groups in total. The number of benzene rings is 2. The summed E-state index contributed by atoms with van der Waals surface area (Å²) in [6.45, 7) is 28.4. The Bertz CT molecular complexity index is 1200. The van der Waals surface area contributed by atoms with Crippen molar-refractivity contribution in [3.8, 4) is 11.1 Å². The molecule has 3 heteroatoms. The second-order valence-electron chi connectivity index (χ2n) is 14.2. The van der Waals surface area contributed by atoms with Crippen LogP contribution in [0, 0.1) is 11.3 Å². The summed E-state index contributed by atoms with van der Waals surface area (Å²) in [6.07, 6.45) is 5.18. The van der Waals surface area contributed by atoms with Gasteiger partial charge in [0, 0.05) is 0 Å². The van der Waals surface area contributed by atoms with E-state index in [1.165, 1.54) is 27.8 Å². The maximum absolute atomic E-state index is 2.62. The summed E-state index contributed by atoms with van der Waals surface area (Å²) in [5, 5.41) is 0. The quantitative estimate of drug-likeness (QED) is 0.483. The molecule has 0 heterocycles. The van der Waals surface area contributed by atoms with Crippen LogP contribution in [-0.4, -0.2) is 3.21 Å². The van der Waals surface area contributed by atoms with Crippen LogP contribution < -0.4 is 24.8 Å². The fourth-order valence-electron chi connectivity index (χ4n) is 5.73. The zero-order valence-corrected chi connectivity index (χ0v) is 29.0. The Labute approximate surface area is 247 Å². The predicted octanol–water partition coefficient (Wildman–Crippen LogP) is 3.70. The molecule has 0 fully saturated rings. The van der Waals surface area contributed by atoms with Crippen LogP contribution in [0.1, 0.15) is 109 Å². The molecule has 0 radical (unpaired) electrons. The smallest absolute Gasteiger partial charge is 1.00 e. The minimum Gasteiger partial charge on any atom is -1.00 e. The molecule has 0 saturated heterocycles. The second kappa shape index (κ2) is 11.0. The number of allylic oxidation sites excluding steroid dienone is 4. The van der Waals surface area contributed by atoms with Gasteiger partial charge in [-0.25, -0.2) is 0 Å². The van der Waals surface area contributed by atoms with E-state index in [4.69, 9.17) is 0 Å². The fraction of sp³-hybridized carbons (Fsp3) is 0.500. The molecule has 0 amide bonds. The van der Waals surface area contributed by atoms with Crippen LogP contribution in [0.25, 0.3) is 11.1 Å². The van der Waals surface area contributed by atoms with Gasteiger partial charge < -0.3 is 24.8 Å². The third-order valence-electron chi connectivity index (χ3n) is 7.99. The van der Waals surface area contributed by atoms with Crippen molar-refractivity contribution in [2.75, 3.05) is 0 Å². The van der Waals surface area contributed by atoms with Gasteiger partial charge in [0.05, 0.1) is 0 Å². The normalized spacial score (nSPS) is 17.0. The first-order chi connectivity index (χ1) is 16.0. The number of hydrogen-bond donors (Lipinski definition) is 0. The molecule has 4 rings (SSSR count). The van der Waals surface area contributed by atoms with Gasteiger partial charge in [0.1, 0.15) is 0 Å². The molecule has 1 atom stereocenters. The number of rotatable bonds is 2. The molecular weight excluding hydrogens is 571 g/mol. The van der Waals surface area contributed by atoms with E-state index in [0.29, 0.717) is 9.54 Å². The molecule has 0 spiro atoms. The summed E-state index contributed by atoms with van der Waals surface area (Å²) in [4.78, 5) is 0. The van der Waals surface area contributed by atoms with Crippen LogP contribution in [0.3, 0.4) is 0 Å². The van der Waals surface area contributed by atoms with Crippen molar-refractivity contribution < 1.29 is 46.1 Å². The molecule has 2 aromatic rings. The fourth-order valence-corrected chi connectivity index (χ4v) is 14.3. The van der Waals surface area contributed by atoms with Gasteiger partial charge in [0.25, 0.3) is 0 Å². The van der Waals surface area contributed by atoms with Crippen molar-refractivity contribution in [1.29, 1.82) is 0 Å². The van der Waals surface area contributed by atoms with Crippen LogP contribution in [0.15, 0.2) is 57.4 Å². The van der Waals surface area contributed by atoms with Gasteiger partial charge in [-0.05, 0) is 0 Å². The molecule has 37 heavy (non-hydrogen) atoms. The van der Waals surface area contributed by atoms with Gasteiger partial charge in [-0.1, -0.05) is 0 Å². The molecule has 0 bridgehead atoms. The van der Waals surface area contributed by atoms with Crippen LogP contribution >= 0.6 is 0 Å². The van der Waals surface area contributed by atoms with Gasteiger partial charge in [-0.2, -0.15) is 0 Å². The van der Waals surface area contributed by atoms with Gasteiger partial charge in [-0.15, -0.1) is 0 Å². The van der Waals surface area contributed by atoms with Crippen molar-refractivity contribution in [3.63, 3.8) is 0 Å². The van der Waals surface area contributed by atoms with Crippen LogP contribution in [0.4, 0.5) is 0 Å². The van der Waals surface area contributed by atoms with Crippen molar-refractivity contribution in [2.45, 2.75) is 97.5 Å². The van der Waals surface area contributed by atoms with E-state index in [-0.39, 0.29) is 41.1 Å². The van der Waals surface area contributed by atoms with E-state index in [2.05, 4.69) is 132 Å². The number of halogens is 2. The summed E-state index contributed by atoms with van der Waals surface area (Å²) in [6, 6.07) is 14.9. The molecule has 2 aliphatic carbocycles. The molecular formula is C34H46Cl2Zr. The van der Waals surface area contributed by atoms with Crippen molar-refractivity contribution in [1.82, 2.24) is 0 Å². The summed E-state index contributed by atoms with van der Waals surface area (Å²) >= 11 is -2.21. The molecule has 0 aliphatic heterocycles. The second-order valence-corrected chi connectivity index (χ2v) is 21.5. The molecule has 0 aromatic heterocycles. The minimum atomic E-state index is -2.21. The number of fused-ring (bicyclic) bond motifs is 3. The molecule has 200 valence electrons. The van der Waals surface area contributed by atoms with E-state index in [9.17, 15) is 0 Å². The van der Waals surface area contributed by atoms with Gasteiger partial charge in [-0.3, -0.25) is 0 Å². The van der Waals surface area contributed by atoms with Gasteiger partial charge in [0.2, 0.25) is 0 Å². The molecule has 2 aliphatic rings.